The Labute approximate surface area is 131 Å². The van der Waals surface area contributed by atoms with Crippen LogP contribution in [0.15, 0.2) is 0 Å². The van der Waals surface area contributed by atoms with Crippen molar-refractivity contribution in [3.63, 3.8) is 0 Å². The number of nitrogens with zero attached hydrogens (tertiary/aromatic N) is 2. The molecule has 0 bridgehead atoms. The molecule has 3 fully saturated rings. The molecule has 2 aliphatic heterocycles. The Hall–Kier alpha value is -0.120. The smallest absolute Gasteiger partial charge is 0.0224 e. The van der Waals surface area contributed by atoms with Crippen LogP contribution in [0.3, 0.4) is 0 Å². The van der Waals surface area contributed by atoms with Gasteiger partial charge in [-0.1, -0.05) is 26.2 Å². The van der Waals surface area contributed by atoms with Crippen molar-refractivity contribution < 1.29 is 0 Å². The lowest BCUT2D eigenvalue weighted by Gasteiger charge is -2.45. The van der Waals surface area contributed by atoms with E-state index in [0.717, 1.165) is 30.6 Å². The predicted molar refractivity (Wildman–Crippen MR) is 89.7 cm³/mol. The molecular weight excluding hydrogens is 258 g/mol. The summed E-state index contributed by atoms with van der Waals surface area (Å²) in [6.07, 6.45) is 10.1. The molecule has 3 heteroatoms. The Morgan fingerprint density at radius 2 is 1.86 bits per heavy atom. The molecule has 1 N–H and O–H groups in total. The van der Waals surface area contributed by atoms with E-state index in [2.05, 4.69) is 29.0 Å². The molecule has 122 valence electrons. The molecule has 3 unspecified atom stereocenters. The van der Waals surface area contributed by atoms with E-state index < -0.39 is 0 Å². The van der Waals surface area contributed by atoms with E-state index in [1.54, 1.807) is 0 Å². The van der Waals surface area contributed by atoms with E-state index in [1.807, 2.05) is 0 Å². The molecule has 0 aromatic heterocycles. The lowest BCUT2D eigenvalue weighted by atomic mass is 9.83. The van der Waals surface area contributed by atoms with Crippen molar-refractivity contribution in [1.82, 2.24) is 15.1 Å². The van der Waals surface area contributed by atoms with Crippen molar-refractivity contribution in [1.29, 1.82) is 0 Å². The van der Waals surface area contributed by atoms with Crippen LogP contribution < -0.4 is 5.32 Å². The van der Waals surface area contributed by atoms with Gasteiger partial charge in [-0.2, -0.15) is 0 Å². The molecule has 1 saturated carbocycles. The van der Waals surface area contributed by atoms with Crippen LogP contribution >= 0.6 is 0 Å². The number of piperazine rings is 1. The Balaban J connectivity index is 1.58. The topological polar surface area (TPSA) is 18.5 Å². The first kappa shape index (κ1) is 15.8. The number of nitrogens with one attached hydrogen (secondary N) is 1. The molecule has 0 radical (unpaired) electrons. The van der Waals surface area contributed by atoms with Crippen molar-refractivity contribution in [2.75, 3.05) is 32.7 Å². The third kappa shape index (κ3) is 3.80. The minimum Gasteiger partial charge on any atom is -0.313 e. The van der Waals surface area contributed by atoms with Crippen LogP contribution in [0, 0.1) is 5.92 Å². The van der Waals surface area contributed by atoms with Gasteiger partial charge in [0.2, 0.25) is 0 Å². The van der Waals surface area contributed by atoms with E-state index in [-0.39, 0.29) is 0 Å². The fourth-order valence-corrected chi connectivity index (χ4v) is 4.93. The maximum absolute atomic E-state index is 3.82. The highest BCUT2D eigenvalue weighted by Gasteiger charge is 2.36. The third-order valence-electron chi connectivity index (χ3n) is 6.18. The summed E-state index contributed by atoms with van der Waals surface area (Å²) in [4.78, 5) is 5.54. The normalized spacial score (nSPS) is 34.0. The SMILES string of the molecule is CCNC(CN1CC2CCCN2CC1C)C1CCCCC1. The molecule has 3 atom stereocenters. The third-order valence-corrected chi connectivity index (χ3v) is 6.18. The van der Waals surface area contributed by atoms with Crippen LogP contribution in [0.25, 0.3) is 0 Å². The molecule has 0 aromatic carbocycles. The first-order valence-electron chi connectivity index (χ1n) is 9.49. The number of hydrogen-bond donors (Lipinski definition) is 1. The van der Waals surface area contributed by atoms with Crippen LogP contribution in [0.4, 0.5) is 0 Å². The second-order valence-electron chi connectivity index (χ2n) is 7.66. The van der Waals surface area contributed by atoms with Gasteiger partial charge in [-0.15, -0.1) is 0 Å². The zero-order valence-corrected chi connectivity index (χ0v) is 14.2. The Morgan fingerprint density at radius 1 is 1.05 bits per heavy atom. The van der Waals surface area contributed by atoms with Crippen molar-refractivity contribution in [3.8, 4) is 0 Å². The van der Waals surface area contributed by atoms with Crippen LogP contribution in [0.1, 0.15) is 58.8 Å². The Morgan fingerprint density at radius 3 is 2.62 bits per heavy atom. The highest BCUT2D eigenvalue weighted by molar-refractivity contribution is 4.93. The molecule has 3 rings (SSSR count). The number of hydrogen-bond acceptors (Lipinski definition) is 3. The molecule has 0 aromatic rings. The first-order chi connectivity index (χ1) is 10.3. The van der Waals surface area contributed by atoms with Crippen LogP contribution in [0.5, 0.6) is 0 Å². The number of likely N-dealkylation sites (N-methyl/N-ethyl adjacent to an activating group) is 1. The summed E-state index contributed by atoms with van der Waals surface area (Å²) in [7, 11) is 0. The second kappa shape index (κ2) is 7.43. The van der Waals surface area contributed by atoms with Gasteiger partial charge in [-0.25, -0.2) is 0 Å². The predicted octanol–water partition coefficient (Wildman–Crippen LogP) is 2.71. The molecular formula is C18H35N3. The lowest BCUT2D eigenvalue weighted by molar-refractivity contribution is 0.0444. The Kier molecular flexibility index (Phi) is 5.58. The average Bonchev–Trinajstić information content (AvgIpc) is 2.95. The maximum Gasteiger partial charge on any atom is 0.0224 e. The number of rotatable bonds is 5. The average molecular weight is 293 g/mol. The summed E-state index contributed by atoms with van der Waals surface area (Å²) in [6, 6.07) is 2.32. The number of fused-ring (bicyclic) bond motifs is 1. The van der Waals surface area contributed by atoms with Gasteiger partial charge in [0.25, 0.3) is 0 Å². The van der Waals surface area contributed by atoms with Gasteiger partial charge in [0, 0.05) is 37.8 Å². The van der Waals surface area contributed by atoms with Gasteiger partial charge in [-0.3, -0.25) is 9.80 Å². The molecule has 0 spiro atoms. The molecule has 3 aliphatic rings. The second-order valence-corrected chi connectivity index (χ2v) is 7.66. The van der Waals surface area contributed by atoms with Crippen molar-refractivity contribution in [3.05, 3.63) is 0 Å². The van der Waals surface area contributed by atoms with Crippen LogP contribution in [0.2, 0.25) is 0 Å². The van der Waals surface area contributed by atoms with Crippen LogP contribution in [-0.2, 0) is 0 Å². The monoisotopic (exact) mass is 293 g/mol. The summed E-state index contributed by atoms with van der Waals surface area (Å²) in [5.41, 5.74) is 0. The molecule has 1 aliphatic carbocycles. The largest absolute Gasteiger partial charge is 0.313 e. The minimum absolute atomic E-state index is 0.728. The van der Waals surface area contributed by atoms with Gasteiger partial charge in [-0.05, 0) is 51.6 Å². The van der Waals surface area contributed by atoms with Crippen molar-refractivity contribution in [2.45, 2.75) is 76.9 Å². The molecule has 0 amide bonds. The van der Waals surface area contributed by atoms with E-state index in [4.69, 9.17) is 0 Å². The van der Waals surface area contributed by atoms with Gasteiger partial charge < -0.3 is 5.32 Å². The first-order valence-corrected chi connectivity index (χ1v) is 9.49. The maximum atomic E-state index is 3.82. The van der Waals surface area contributed by atoms with Gasteiger partial charge in [0.1, 0.15) is 0 Å². The minimum atomic E-state index is 0.728. The highest BCUT2D eigenvalue weighted by atomic mass is 15.3. The quantitative estimate of drug-likeness (QED) is 0.841. The Bertz CT molecular complexity index is 314. The fraction of sp³-hybridized carbons (Fsp3) is 1.00. The molecule has 21 heavy (non-hydrogen) atoms. The van der Waals surface area contributed by atoms with E-state index in [9.17, 15) is 0 Å². The molecule has 2 heterocycles. The van der Waals surface area contributed by atoms with Crippen molar-refractivity contribution >= 4 is 0 Å². The summed E-state index contributed by atoms with van der Waals surface area (Å²) in [5, 5.41) is 3.82. The van der Waals surface area contributed by atoms with E-state index >= 15 is 0 Å². The summed E-state index contributed by atoms with van der Waals surface area (Å²) in [5.74, 6) is 0.924. The fourth-order valence-electron chi connectivity index (χ4n) is 4.93. The standard InChI is InChI=1S/C18H35N3/c1-3-19-18(16-8-5-4-6-9-16)14-21-13-17-10-7-11-20(17)12-15(21)2/h15-19H,3-14H2,1-2H3. The molecule has 3 nitrogen and oxygen atoms in total. The summed E-state index contributed by atoms with van der Waals surface area (Å²) >= 11 is 0. The molecule has 2 saturated heterocycles. The highest BCUT2D eigenvalue weighted by Crippen LogP contribution is 2.29. The van der Waals surface area contributed by atoms with Gasteiger partial charge in [0.15, 0.2) is 0 Å². The van der Waals surface area contributed by atoms with Gasteiger partial charge >= 0.3 is 0 Å². The summed E-state index contributed by atoms with van der Waals surface area (Å²) < 4.78 is 0. The zero-order chi connectivity index (χ0) is 14.7. The lowest BCUT2D eigenvalue weighted by Crippen LogP contribution is -2.58. The van der Waals surface area contributed by atoms with Gasteiger partial charge in [0.05, 0.1) is 0 Å². The van der Waals surface area contributed by atoms with Crippen LogP contribution in [-0.4, -0.2) is 60.6 Å². The van der Waals surface area contributed by atoms with E-state index in [0.29, 0.717) is 0 Å². The van der Waals surface area contributed by atoms with E-state index in [1.165, 1.54) is 71.1 Å². The summed E-state index contributed by atoms with van der Waals surface area (Å²) in [6.45, 7) is 11.1. The van der Waals surface area contributed by atoms with Crippen molar-refractivity contribution in [2.24, 2.45) is 5.92 Å². The zero-order valence-electron chi connectivity index (χ0n) is 14.2.